The van der Waals surface area contributed by atoms with Gasteiger partial charge in [-0.05, 0) is 43.9 Å². The topological polar surface area (TPSA) is 58.2 Å². The molecule has 4 nitrogen and oxygen atoms in total. The van der Waals surface area contributed by atoms with E-state index in [0.717, 1.165) is 16.8 Å². The van der Waals surface area contributed by atoms with Gasteiger partial charge in [0.05, 0.1) is 6.04 Å². The maximum atomic E-state index is 12.2. The van der Waals surface area contributed by atoms with Gasteiger partial charge < -0.3 is 10.6 Å². The number of anilines is 1. The van der Waals surface area contributed by atoms with E-state index in [1.54, 1.807) is 0 Å². The van der Waals surface area contributed by atoms with E-state index in [1.807, 2.05) is 62.4 Å². The fourth-order valence-corrected chi connectivity index (χ4v) is 3.20. The molecule has 0 aliphatic carbocycles. The smallest absolute Gasteiger partial charge is 0.227 e. The molecule has 1 aliphatic heterocycles. The highest BCUT2D eigenvalue weighted by Crippen LogP contribution is 2.27. The Labute approximate surface area is 148 Å². The minimum atomic E-state index is -0.143. The van der Waals surface area contributed by atoms with Crippen LogP contribution >= 0.6 is 0 Å². The highest BCUT2D eigenvalue weighted by Gasteiger charge is 2.26. The van der Waals surface area contributed by atoms with Gasteiger partial charge in [-0.25, -0.2) is 0 Å². The molecular weight excluding hydrogens is 312 g/mol. The normalized spacial score (nSPS) is 17.4. The molecule has 0 spiro atoms. The summed E-state index contributed by atoms with van der Waals surface area (Å²) in [4.78, 5) is 24.4. The second-order valence-electron chi connectivity index (χ2n) is 6.79. The molecule has 130 valence electrons. The van der Waals surface area contributed by atoms with E-state index in [0.29, 0.717) is 19.3 Å². The zero-order valence-corrected chi connectivity index (χ0v) is 14.7. The van der Waals surface area contributed by atoms with E-state index >= 15 is 0 Å². The number of nitrogens with one attached hydrogen (secondary N) is 2. The summed E-state index contributed by atoms with van der Waals surface area (Å²) in [7, 11) is 0. The Bertz CT molecular complexity index is 768. The molecular formula is C21H24N2O2. The predicted octanol–water partition coefficient (Wildman–Crippen LogP) is 3.76. The molecule has 2 atom stereocenters. The van der Waals surface area contributed by atoms with Crippen molar-refractivity contribution in [3.05, 3.63) is 65.2 Å². The maximum Gasteiger partial charge on any atom is 0.227 e. The van der Waals surface area contributed by atoms with E-state index < -0.39 is 0 Å². The quantitative estimate of drug-likeness (QED) is 0.873. The lowest BCUT2D eigenvalue weighted by Gasteiger charge is -2.24. The van der Waals surface area contributed by atoms with Crippen LogP contribution in [0.25, 0.3) is 0 Å². The number of para-hydroxylation sites is 1. The number of carbonyl (C=O) groups is 2. The monoisotopic (exact) mass is 336 g/mol. The van der Waals surface area contributed by atoms with Crippen LogP contribution in [-0.4, -0.2) is 11.8 Å². The van der Waals surface area contributed by atoms with Crippen LogP contribution in [0.5, 0.6) is 0 Å². The van der Waals surface area contributed by atoms with Gasteiger partial charge in [0.1, 0.15) is 0 Å². The first-order valence-electron chi connectivity index (χ1n) is 8.77. The zero-order chi connectivity index (χ0) is 17.8. The van der Waals surface area contributed by atoms with Crippen LogP contribution < -0.4 is 10.6 Å². The molecule has 0 bridgehead atoms. The first-order valence-corrected chi connectivity index (χ1v) is 8.77. The zero-order valence-electron chi connectivity index (χ0n) is 14.7. The minimum absolute atomic E-state index is 0.0121. The Hall–Kier alpha value is -2.62. The third-order valence-corrected chi connectivity index (χ3v) is 4.79. The second kappa shape index (κ2) is 7.51. The summed E-state index contributed by atoms with van der Waals surface area (Å²) in [5, 5.41) is 5.95. The molecule has 3 rings (SSSR count). The number of hydrogen-bond acceptors (Lipinski definition) is 2. The van der Waals surface area contributed by atoms with Crippen molar-refractivity contribution < 1.29 is 9.59 Å². The van der Waals surface area contributed by atoms with Gasteiger partial charge in [0.2, 0.25) is 11.8 Å². The maximum absolute atomic E-state index is 12.2. The first kappa shape index (κ1) is 17.2. The first-order chi connectivity index (χ1) is 12.0. The van der Waals surface area contributed by atoms with Crippen molar-refractivity contribution >= 4 is 17.5 Å². The molecule has 1 heterocycles. The fourth-order valence-electron chi connectivity index (χ4n) is 3.20. The molecule has 2 aromatic rings. The highest BCUT2D eigenvalue weighted by atomic mass is 16.2. The van der Waals surface area contributed by atoms with Crippen LogP contribution in [-0.2, 0) is 16.0 Å². The molecule has 0 aromatic heterocycles. The average Bonchev–Trinajstić information content (AvgIpc) is 2.60. The van der Waals surface area contributed by atoms with Gasteiger partial charge >= 0.3 is 0 Å². The van der Waals surface area contributed by atoms with E-state index in [9.17, 15) is 9.59 Å². The molecule has 0 saturated heterocycles. The van der Waals surface area contributed by atoms with E-state index in [4.69, 9.17) is 0 Å². The Morgan fingerprint density at radius 1 is 1.20 bits per heavy atom. The van der Waals surface area contributed by atoms with Crippen molar-refractivity contribution in [3.8, 4) is 0 Å². The molecule has 2 aromatic carbocycles. The molecule has 2 N–H and O–H groups in total. The van der Waals surface area contributed by atoms with Crippen molar-refractivity contribution in [1.29, 1.82) is 0 Å². The Morgan fingerprint density at radius 2 is 1.92 bits per heavy atom. The van der Waals surface area contributed by atoms with E-state index in [2.05, 4.69) is 10.6 Å². The number of carbonyl (C=O) groups excluding carboxylic acids is 2. The van der Waals surface area contributed by atoms with Crippen LogP contribution in [0.15, 0.2) is 48.5 Å². The number of benzene rings is 2. The lowest BCUT2D eigenvalue weighted by Crippen LogP contribution is -2.32. The number of hydrogen-bond donors (Lipinski definition) is 2. The van der Waals surface area contributed by atoms with E-state index in [1.165, 1.54) is 5.56 Å². The van der Waals surface area contributed by atoms with Crippen molar-refractivity contribution in [2.24, 2.45) is 5.92 Å². The molecule has 25 heavy (non-hydrogen) atoms. The average molecular weight is 336 g/mol. The Morgan fingerprint density at radius 3 is 2.68 bits per heavy atom. The molecule has 1 aliphatic rings. The van der Waals surface area contributed by atoms with Crippen molar-refractivity contribution in [1.82, 2.24) is 5.32 Å². The second-order valence-corrected chi connectivity index (χ2v) is 6.79. The van der Waals surface area contributed by atoms with Crippen LogP contribution in [0.2, 0.25) is 0 Å². The predicted molar refractivity (Wildman–Crippen MR) is 99.2 cm³/mol. The number of amides is 2. The lowest BCUT2D eigenvalue weighted by atomic mass is 9.89. The van der Waals surface area contributed by atoms with Crippen molar-refractivity contribution in [2.45, 2.75) is 39.2 Å². The van der Waals surface area contributed by atoms with Gasteiger partial charge in [-0.2, -0.15) is 0 Å². The van der Waals surface area contributed by atoms with Gasteiger partial charge in [-0.1, -0.05) is 48.0 Å². The van der Waals surface area contributed by atoms with Crippen molar-refractivity contribution in [3.63, 3.8) is 0 Å². The standard InChI is InChI=1S/C21H24N2O2/c1-14-7-9-16(10-8-14)15(2)22-20(24)12-11-18-13-17-5-3-4-6-19(17)23-21(18)25/h3-10,15,18H,11-13H2,1-2H3,(H,22,24)(H,23,25). The van der Waals surface area contributed by atoms with Crippen molar-refractivity contribution in [2.75, 3.05) is 5.32 Å². The third kappa shape index (κ3) is 4.27. The summed E-state index contributed by atoms with van der Waals surface area (Å²) in [5.74, 6) is -0.145. The van der Waals surface area contributed by atoms with Gasteiger partial charge in [0.15, 0.2) is 0 Å². The molecule has 4 heteroatoms. The molecule has 0 radical (unpaired) electrons. The highest BCUT2D eigenvalue weighted by molar-refractivity contribution is 5.96. The molecule has 0 saturated carbocycles. The summed E-state index contributed by atoms with van der Waals surface area (Å²) >= 11 is 0. The number of rotatable bonds is 5. The molecule has 2 amide bonds. The van der Waals surface area contributed by atoms with Gasteiger partial charge in [0, 0.05) is 18.0 Å². The fraction of sp³-hybridized carbons (Fsp3) is 0.333. The Balaban J connectivity index is 1.52. The van der Waals surface area contributed by atoms with Crippen LogP contribution in [0, 0.1) is 12.8 Å². The molecule has 0 fully saturated rings. The summed E-state index contributed by atoms with van der Waals surface area (Å²) in [6, 6.07) is 16.0. The summed E-state index contributed by atoms with van der Waals surface area (Å²) in [5.41, 5.74) is 4.32. The summed E-state index contributed by atoms with van der Waals surface area (Å²) in [6.45, 7) is 4.02. The van der Waals surface area contributed by atoms with Crippen LogP contribution in [0.1, 0.15) is 42.5 Å². The largest absolute Gasteiger partial charge is 0.350 e. The van der Waals surface area contributed by atoms with Gasteiger partial charge in [0.25, 0.3) is 0 Å². The van der Waals surface area contributed by atoms with Gasteiger partial charge in [-0.15, -0.1) is 0 Å². The SMILES string of the molecule is Cc1ccc(C(C)NC(=O)CCC2Cc3ccccc3NC2=O)cc1. The van der Waals surface area contributed by atoms with Gasteiger partial charge in [-0.3, -0.25) is 9.59 Å². The minimum Gasteiger partial charge on any atom is -0.350 e. The summed E-state index contributed by atoms with van der Waals surface area (Å²) in [6.07, 6.45) is 1.62. The Kier molecular flexibility index (Phi) is 5.17. The molecule has 2 unspecified atom stereocenters. The number of fused-ring (bicyclic) bond motifs is 1. The summed E-state index contributed by atoms with van der Waals surface area (Å²) < 4.78 is 0. The van der Waals surface area contributed by atoms with E-state index in [-0.39, 0.29) is 23.8 Å². The number of aryl methyl sites for hydroxylation is 1. The van der Waals surface area contributed by atoms with Crippen LogP contribution in [0.3, 0.4) is 0 Å². The lowest BCUT2D eigenvalue weighted by molar-refractivity contribution is -0.123. The third-order valence-electron chi connectivity index (χ3n) is 4.79. The van der Waals surface area contributed by atoms with Crippen LogP contribution in [0.4, 0.5) is 5.69 Å².